The third kappa shape index (κ3) is 2.35. The molecule has 3 heteroatoms. The van der Waals surface area contributed by atoms with Gasteiger partial charge in [0, 0.05) is 13.0 Å². The Balaban J connectivity index is 1.88. The summed E-state index contributed by atoms with van der Waals surface area (Å²) in [6.07, 6.45) is 0.319. The lowest BCUT2D eigenvalue weighted by atomic mass is 9.98. The van der Waals surface area contributed by atoms with Crippen molar-refractivity contribution in [3.8, 4) is 5.75 Å². The van der Waals surface area contributed by atoms with Gasteiger partial charge in [0.1, 0.15) is 11.9 Å². The van der Waals surface area contributed by atoms with Gasteiger partial charge in [-0.1, -0.05) is 30.3 Å². The number of fused-ring (bicyclic) bond motifs is 1. The minimum atomic E-state index is -0.599. The predicted molar refractivity (Wildman–Crippen MR) is 74.0 cm³/mol. The van der Waals surface area contributed by atoms with E-state index in [1.807, 2.05) is 42.5 Å². The van der Waals surface area contributed by atoms with Crippen LogP contribution >= 0.6 is 0 Å². The summed E-state index contributed by atoms with van der Waals surface area (Å²) in [6.45, 7) is 1.26. The first kappa shape index (κ1) is 12.2. The summed E-state index contributed by atoms with van der Waals surface area (Å²) < 4.78 is 5.47. The van der Waals surface area contributed by atoms with E-state index in [0.29, 0.717) is 6.54 Å². The first-order chi connectivity index (χ1) is 9.28. The van der Waals surface area contributed by atoms with Crippen LogP contribution in [-0.2, 0) is 13.0 Å². The van der Waals surface area contributed by atoms with E-state index in [1.54, 1.807) is 0 Å². The van der Waals surface area contributed by atoms with E-state index in [2.05, 4.69) is 0 Å². The summed E-state index contributed by atoms with van der Waals surface area (Å²) in [5, 5.41) is 10.4. The van der Waals surface area contributed by atoms with Crippen LogP contribution in [0.2, 0.25) is 0 Å². The van der Waals surface area contributed by atoms with Gasteiger partial charge in [-0.15, -0.1) is 0 Å². The van der Waals surface area contributed by atoms with Crippen molar-refractivity contribution in [1.82, 2.24) is 0 Å². The maximum Gasteiger partial charge on any atom is 0.122 e. The van der Waals surface area contributed by atoms with Crippen LogP contribution in [0.5, 0.6) is 5.75 Å². The summed E-state index contributed by atoms with van der Waals surface area (Å²) in [5.74, 6) is 0.939. The first-order valence-electron chi connectivity index (χ1n) is 6.50. The molecule has 2 aromatic carbocycles. The molecule has 0 aromatic heterocycles. The van der Waals surface area contributed by atoms with Gasteiger partial charge < -0.3 is 15.6 Å². The van der Waals surface area contributed by atoms with Crippen molar-refractivity contribution in [2.24, 2.45) is 5.73 Å². The van der Waals surface area contributed by atoms with Crippen molar-refractivity contribution >= 4 is 0 Å². The zero-order chi connectivity index (χ0) is 13.2. The molecule has 1 heterocycles. The van der Waals surface area contributed by atoms with Crippen molar-refractivity contribution in [2.75, 3.05) is 6.61 Å². The average Bonchev–Trinajstić information content (AvgIpc) is 2.94. The number of hydrogen-bond donors (Lipinski definition) is 2. The molecule has 3 nitrogen and oxygen atoms in total. The number of aliphatic hydroxyl groups is 1. The Kier molecular flexibility index (Phi) is 3.23. The minimum Gasteiger partial charge on any atom is -0.493 e. The highest BCUT2D eigenvalue weighted by atomic mass is 16.5. The van der Waals surface area contributed by atoms with Gasteiger partial charge in [-0.25, -0.2) is 0 Å². The standard InChI is InChI=1S/C16H17NO2/c17-10-11-1-3-12(4-2-11)16(18)14-5-6-15-13(9-14)7-8-19-15/h1-6,9,16,18H,7-8,10,17H2. The van der Waals surface area contributed by atoms with E-state index >= 15 is 0 Å². The van der Waals surface area contributed by atoms with E-state index in [4.69, 9.17) is 10.5 Å². The van der Waals surface area contributed by atoms with Crippen LogP contribution in [0.15, 0.2) is 42.5 Å². The van der Waals surface area contributed by atoms with Gasteiger partial charge in [-0.05, 0) is 34.4 Å². The molecule has 2 aromatic rings. The lowest BCUT2D eigenvalue weighted by molar-refractivity contribution is 0.220. The Bertz CT molecular complexity index is 578. The molecule has 0 fully saturated rings. The molecule has 3 N–H and O–H groups in total. The van der Waals surface area contributed by atoms with Gasteiger partial charge >= 0.3 is 0 Å². The topological polar surface area (TPSA) is 55.5 Å². The molecule has 19 heavy (non-hydrogen) atoms. The van der Waals surface area contributed by atoms with Gasteiger partial charge in [0.15, 0.2) is 0 Å². The van der Waals surface area contributed by atoms with Gasteiger partial charge in [0.05, 0.1) is 6.61 Å². The molecular weight excluding hydrogens is 238 g/mol. The Morgan fingerprint density at radius 3 is 2.58 bits per heavy atom. The van der Waals surface area contributed by atoms with Crippen LogP contribution in [0.25, 0.3) is 0 Å². The summed E-state index contributed by atoms with van der Waals surface area (Å²) in [4.78, 5) is 0. The molecule has 1 aliphatic heterocycles. The van der Waals surface area contributed by atoms with Crippen LogP contribution in [0.4, 0.5) is 0 Å². The maximum atomic E-state index is 10.4. The number of hydrogen-bond acceptors (Lipinski definition) is 3. The minimum absolute atomic E-state index is 0.520. The van der Waals surface area contributed by atoms with Crippen LogP contribution in [0.3, 0.4) is 0 Å². The Labute approximate surface area is 112 Å². The molecular formula is C16H17NO2. The fourth-order valence-corrected chi connectivity index (χ4v) is 2.41. The fraction of sp³-hybridized carbons (Fsp3) is 0.250. The van der Waals surface area contributed by atoms with Gasteiger partial charge in [-0.2, -0.15) is 0 Å². The van der Waals surface area contributed by atoms with Crippen LogP contribution in [-0.4, -0.2) is 11.7 Å². The molecule has 0 spiro atoms. The normalized spacial score (nSPS) is 14.8. The molecule has 3 rings (SSSR count). The van der Waals surface area contributed by atoms with Crippen LogP contribution in [0, 0.1) is 0 Å². The largest absolute Gasteiger partial charge is 0.493 e. The zero-order valence-electron chi connectivity index (χ0n) is 10.7. The molecule has 98 valence electrons. The predicted octanol–water partition coefficient (Wildman–Crippen LogP) is 2.16. The van der Waals surface area contributed by atoms with E-state index in [-0.39, 0.29) is 0 Å². The highest BCUT2D eigenvalue weighted by Crippen LogP contribution is 2.30. The highest BCUT2D eigenvalue weighted by Gasteiger charge is 2.16. The number of ether oxygens (including phenoxy) is 1. The Morgan fingerprint density at radius 1 is 1.11 bits per heavy atom. The number of aliphatic hydroxyl groups excluding tert-OH is 1. The second-order valence-corrected chi connectivity index (χ2v) is 4.81. The number of benzene rings is 2. The lowest BCUT2D eigenvalue weighted by Crippen LogP contribution is -2.01. The molecule has 1 atom stereocenters. The van der Waals surface area contributed by atoms with E-state index in [1.165, 1.54) is 5.56 Å². The van der Waals surface area contributed by atoms with E-state index < -0.39 is 6.10 Å². The van der Waals surface area contributed by atoms with E-state index in [9.17, 15) is 5.11 Å². The second-order valence-electron chi connectivity index (χ2n) is 4.81. The third-order valence-electron chi connectivity index (χ3n) is 3.56. The molecule has 0 radical (unpaired) electrons. The molecule has 0 aliphatic carbocycles. The average molecular weight is 255 g/mol. The van der Waals surface area contributed by atoms with E-state index in [0.717, 1.165) is 35.5 Å². The first-order valence-corrected chi connectivity index (χ1v) is 6.50. The van der Waals surface area contributed by atoms with Crippen molar-refractivity contribution in [2.45, 2.75) is 19.1 Å². The summed E-state index contributed by atoms with van der Waals surface area (Å²) in [7, 11) is 0. The molecule has 1 aliphatic rings. The fourth-order valence-electron chi connectivity index (χ4n) is 2.41. The van der Waals surface area contributed by atoms with Crippen molar-refractivity contribution < 1.29 is 9.84 Å². The number of nitrogens with two attached hydrogens (primary N) is 1. The van der Waals surface area contributed by atoms with Gasteiger partial charge in [0.2, 0.25) is 0 Å². The van der Waals surface area contributed by atoms with Gasteiger partial charge in [-0.3, -0.25) is 0 Å². The smallest absolute Gasteiger partial charge is 0.122 e. The molecule has 0 bridgehead atoms. The maximum absolute atomic E-state index is 10.4. The zero-order valence-corrected chi connectivity index (χ0v) is 10.7. The molecule has 0 amide bonds. The number of rotatable bonds is 3. The summed E-state index contributed by atoms with van der Waals surface area (Å²) >= 11 is 0. The van der Waals surface area contributed by atoms with Gasteiger partial charge in [0.25, 0.3) is 0 Å². The quantitative estimate of drug-likeness (QED) is 0.883. The Hall–Kier alpha value is -1.84. The summed E-state index contributed by atoms with van der Waals surface area (Å²) in [5.41, 5.74) is 9.61. The molecule has 0 saturated carbocycles. The monoisotopic (exact) mass is 255 g/mol. The second kappa shape index (κ2) is 5.03. The summed E-state index contributed by atoms with van der Waals surface area (Å²) in [6, 6.07) is 13.7. The van der Waals surface area contributed by atoms with Crippen molar-refractivity contribution in [3.63, 3.8) is 0 Å². The van der Waals surface area contributed by atoms with Crippen LogP contribution in [0.1, 0.15) is 28.4 Å². The van der Waals surface area contributed by atoms with Crippen LogP contribution < -0.4 is 10.5 Å². The molecule has 0 saturated heterocycles. The molecule has 1 unspecified atom stereocenters. The Morgan fingerprint density at radius 2 is 1.84 bits per heavy atom. The SMILES string of the molecule is NCc1ccc(C(O)c2ccc3c(c2)CCO3)cc1. The van der Waals surface area contributed by atoms with Crippen molar-refractivity contribution in [3.05, 3.63) is 64.7 Å². The third-order valence-corrected chi connectivity index (χ3v) is 3.56. The highest BCUT2D eigenvalue weighted by molar-refractivity contribution is 5.42. The van der Waals surface area contributed by atoms with Crippen molar-refractivity contribution in [1.29, 1.82) is 0 Å². The lowest BCUT2D eigenvalue weighted by Gasteiger charge is -2.13.